The highest BCUT2D eigenvalue weighted by Crippen LogP contribution is 2.14. The summed E-state index contributed by atoms with van der Waals surface area (Å²) in [4.78, 5) is 24.0. The largest absolute Gasteiger partial charge is 0.459 e. The first-order valence-electron chi connectivity index (χ1n) is 9.10. The lowest BCUT2D eigenvalue weighted by molar-refractivity contribution is -0.143. The molecular formula is C22H24N2O4. The number of hydrogen-bond donors (Lipinski definition) is 0. The molecule has 0 aromatic heterocycles. The van der Waals surface area contributed by atoms with E-state index in [4.69, 9.17) is 9.47 Å². The minimum atomic E-state index is -0.666. The number of nitriles is 2. The molecular weight excluding hydrogens is 356 g/mol. The van der Waals surface area contributed by atoms with Gasteiger partial charge in [0.15, 0.2) is 0 Å². The molecule has 28 heavy (non-hydrogen) atoms. The summed E-state index contributed by atoms with van der Waals surface area (Å²) in [5.41, 5.74) is 1.04. The van der Waals surface area contributed by atoms with Gasteiger partial charge in [-0.25, -0.2) is 9.59 Å². The van der Waals surface area contributed by atoms with Gasteiger partial charge in [0, 0.05) is 0 Å². The number of hydrogen-bond acceptors (Lipinski definition) is 6. The van der Waals surface area contributed by atoms with E-state index in [9.17, 15) is 20.1 Å². The zero-order valence-electron chi connectivity index (χ0n) is 16.6. The Kier molecular flexibility index (Phi) is 9.19. The predicted molar refractivity (Wildman–Crippen MR) is 105 cm³/mol. The van der Waals surface area contributed by atoms with Crippen LogP contribution in [0.3, 0.4) is 0 Å². The average molecular weight is 380 g/mol. The molecule has 0 aliphatic rings. The summed E-state index contributed by atoms with van der Waals surface area (Å²) in [6.45, 7) is 7.28. The fourth-order valence-corrected chi connectivity index (χ4v) is 1.95. The summed E-state index contributed by atoms with van der Waals surface area (Å²) >= 11 is 0. The molecule has 2 atom stereocenters. The maximum absolute atomic E-state index is 12.0. The van der Waals surface area contributed by atoms with Crippen molar-refractivity contribution in [2.24, 2.45) is 0 Å². The Labute approximate surface area is 165 Å². The molecule has 146 valence electrons. The van der Waals surface area contributed by atoms with Crippen LogP contribution >= 0.6 is 0 Å². The standard InChI is InChI=1S/C22H24N2O4/c1-5-15(3)27-21(25)19(13-23)11-17-7-9-18(10-8-17)12-20(14-24)22(26)28-16(4)6-2/h7-12,15-16H,5-6H2,1-4H3/b19-11+,20-12+. The van der Waals surface area contributed by atoms with Gasteiger partial charge in [0.1, 0.15) is 23.3 Å². The number of esters is 2. The van der Waals surface area contributed by atoms with Crippen molar-refractivity contribution >= 4 is 24.1 Å². The average Bonchev–Trinajstić information content (AvgIpc) is 2.70. The van der Waals surface area contributed by atoms with Crippen LogP contribution in [0.5, 0.6) is 0 Å². The zero-order valence-corrected chi connectivity index (χ0v) is 16.6. The Morgan fingerprint density at radius 2 is 1.18 bits per heavy atom. The summed E-state index contributed by atoms with van der Waals surface area (Å²) in [5, 5.41) is 18.4. The van der Waals surface area contributed by atoms with Crippen molar-refractivity contribution in [1.82, 2.24) is 0 Å². The maximum Gasteiger partial charge on any atom is 0.349 e. The highest BCUT2D eigenvalue weighted by molar-refractivity contribution is 5.99. The second-order valence-corrected chi connectivity index (χ2v) is 6.25. The first kappa shape index (κ1) is 22.7. The molecule has 0 fully saturated rings. The molecule has 0 bridgehead atoms. The SMILES string of the molecule is CCC(C)OC(=O)/C(C#N)=C/c1ccc(/C=C(\C#N)C(=O)OC(C)CC)cc1. The van der Waals surface area contributed by atoms with Crippen LogP contribution < -0.4 is 0 Å². The van der Waals surface area contributed by atoms with Crippen molar-refractivity contribution in [3.63, 3.8) is 0 Å². The molecule has 0 radical (unpaired) electrons. The van der Waals surface area contributed by atoms with Crippen molar-refractivity contribution in [3.05, 3.63) is 46.5 Å². The monoisotopic (exact) mass is 380 g/mol. The normalized spacial score (nSPS) is 13.6. The molecule has 0 heterocycles. The highest BCUT2D eigenvalue weighted by Gasteiger charge is 2.15. The first-order chi connectivity index (χ1) is 13.3. The lowest BCUT2D eigenvalue weighted by Gasteiger charge is -2.10. The van der Waals surface area contributed by atoms with Gasteiger partial charge in [0.2, 0.25) is 0 Å². The Bertz CT molecular complexity index is 768. The Hall–Kier alpha value is -3.38. The molecule has 2 unspecified atom stereocenters. The van der Waals surface area contributed by atoms with Crippen LogP contribution in [0.1, 0.15) is 51.7 Å². The predicted octanol–water partition coefficient (Wildman–Crippen LogP) is 4.18. The lowest BCUT2D eigenvalue weighted by Crippen LogP contribution is -2.15. The van der Waals surface area contributed by atoms with Gasteiger partial charge >= 0.3 is 11.9 Å². The topological polar surface area (TPSA) is 100 Å². The molecule has 0 aliphatic heterocycles. The Balaban J connectivity index is 2.98. The van der Waals surface area contributed by atoms with Gasteiger partial charge in [-0.15, -0.1) is 0 Å². The number of benzene rings is 1. The maximum atomic E-state index is 12.0. The molecule has 0 spiro atoms. The summed E-state index contributed by atoms with van der Waals surface area (Å²) in [7, 11) is 0. The van der Waals surface area contributed by atoms with Crippen LogP contribution in [0.2, 0.25) is 0 Å². The molecule has 0 N–H and O–H groups in total. The van der Waals surface area contributed by atoms with Crippen molar-refractivity contribution in [3.8, 4) is 12.1 Å². The van der Waals surface area contributed by atoms with E-state index in [1.165, 1.54) is 12.2 Å². The van der Waals surface area contributed by atoms with E-state index in [-0.39, 0.29) is 23.4 Å². The van der Waals surface area contributed by atoms with Gasteiger partial charge in [-0.1, -0.05) is 38.1 Å². The van der Waals surface area contributed by atoms with Crippen LogP contribution in [-0.4, -0.2) is 24.1 Å². The number of carbonyl (C=O) groups excluding carboxylic acids is 2. The van der Waals surface area contributed by atoms with Crippen molar-refractivity contribution in [2.45, 2.75) is 52.7 Å². The third-order valence-corrected chi connectivity index (χ3v) is 4.01. The van der Waals surface area contributed by atoms with E-state index >= 15 is 0 Å². The lowest BCUT2D eigenvalue weighted by atomic mass is 10.1. The third kappa shape index (κ3) is 7.09. The zero-order chi connectivity index (χ0) is 21.1. The molecule has 1 rings (SSSR count). The summed E-state index contributed by atoms with van der Waals surface area (Å²) in [6, 6.07) is 10.4. The molecule has 6 heteroatoms. The van der Waals surface area contributed by atoms with E-state index in [2.05, 4.69) is 0 Å². The molecule has 0 amide bonds. The van der Waals surface area contributed by atoms with Gasteiger partial charge in [-0.05, 0) is 50.0 Å². The fourth-order valence-electron chi connectivity index (χ4n) is 1.95. The first-order valence-corrected chi connectivity index (χ1v) is 9.10. The molecule has 0 saturated heterocycles. The Morgan fingerprint density at radius 3 is 1.43 bits per heavy atom. The Morgan fingerprint density at radius 1 is 0.857 bits per heavy atom. The highest BCUT2D eigenvalue weighted by atomic mass is 16.5. The van der Waals surface area contributed by atoms with Crippen LogP contribution in [-0.2, 0) is 19.1 Å². The van der Waals surface area contributed by atoms with Crippen molar-refractivity contribution in [2.75, 3.05) is 0 Å². The second-order valence-electron chi connectivity index (χ2n) is 6.25. The van der Waals surface area contributed by atoms with E-state index in [1.54, 1.807) is 38.1 Å². The fraction of sp³-hybridized carbons (Fsp3) is 0.364. The summed E-state index contributed by atoms with van der Waals surface area (Å²) < 4.78 is 10.3. The number of ether oxygens (including phenoxy) is 2. The number of nitrogens with zero attached hydrogens (tertiary/aromatic N) is 2. The van der Waals surface area contributed by atoms with Crippen LogP contribution in [0.25, 0.3) is 12.2 Å². The minimum Gasteiger partial charge on any atom is -0.459 e. The quantitative estimate of drug-likeness (QED) is 0.381. The molecule has 1 aromatic rings. The summed E-state index contributed by atoms with van der Waals surface area (Å²) in [5.74, 6) is -1.33. The van der Waals surface area contributed by atoms with Gasteiger partial charge in [-0.2, -0.15) is 10.5 Å². The van der Waals surface area contributed by atoms with Gasteiger partial charge in [0.05, 0.1) is 12.2 Å². The van der Waals surface area contributed by atoms with E-state index in [0.717, 1.165) is 0 Å². The van der Waals surface area contributed by atoms with Crippen LogP contribution in [0.4, 0.5) is 0 Å². The van der Waals surface area contributed by atoms with Gasteiger partial charge in [-0.3, -0.25) is 0 Å². The summed E-state index contributed by atoms with van der Waals surface area (Å²) in [6.07, 6.45) is 3.65. The van der Waals surface area contributed by atoms with Crippen molar-refractivity contribution < 1.29 is 19.1 Å². The van der Waals surface area contributed by atoms with Crippen LogP contribution in [0, 0.1) is 22.7 Å². The second kappa shape index (κ2) is 11.4. The van der Waals surface area contributed by atoms with E-state index < -0.39 is 11.9 Å². The molecule has 0 saturated carbocycles. The smallest absolute Gasteiger partial charge is 0.349 e. The number of carbonyl (C=O) groups is 2. The van der Waals surface area contributed by atoms with Gasteiger partial charge in [0.25, 0.3) is 0 Å². The number of rotatable bonds is 8. The van der Waals surface area contributed by atoms with E-state index in [0.29, 0.717) is 24.0 Å². The van der Waals surface area contributed by atoms with Crippen LogP contribution in [0.15, 0.2) is 35.4 Å². The third-order valence-electron chi connectivity index (χ3n) is 4.01. The van der Waals surface area contributed by atoms with Gasteiger partial charge < -0.3 is 9.47 Å². The molecule has 0 aliphatic carbocycles. The molecule has 6 nitrogen and oxygen atoms in total. The molecule has 1 aromatic carbocycles. The van der Waals surface area contributed by atoms with Crippen molar-refractivity contribution in [1.29, 1.82) is 10.5 Å². The minimum absolute atomic E-state index is 0.0987. The van der Waals surface area contributed by atoms with E-state index in [1.807, 2.05) is 26.0 Å².